The Morgan fingerprint density at radius 1 is 1.26 bits per heavy atom. The van der Waals surface area contributed by atoms with Crippen LogP contribution >= 0.6 is 0 Å². The molecule has 1 aliphatic rings. The zero-order chi connectivity index (χ0) is 16.6. The van der Waals surface area contributed by atoms with Crippen LogP contribution in [0, 0.1) is 6.92 Å². The number of Topliss-reactive ketones (excluding diaryl/α,β-unsaturated/α-hetero) is 1. The number of carbonyl (C=O) groups excluding carboxylic acids is 3. The lowest BCUT2D eigenvalue weighted by atomic mass is 10.1. The molecule has 118 valence electrons. The molecule has 3 rings (SSSR count). The van der Waals surface area contributed by atoms with Gasteiger partial charge in [-0.3, -0.25) is 14.4 Å². The van der Waals surface area contributed by atoms with Crippen molar-refractivity contribution in [2.45, 2.75) is 13.8 Å². The van der Waals surface area contributed by atoms with Gasteiger partial charge in [0.05, 0.1) is 12.2 Å². The standard InChI is InChI=1S/C16H15N3O4/c1-8(20)10-4-3-5-11(6-10)19-15(22)12-9(2)23-16-13(12)14(21)17-7-18-16/h3-6,18H,7H2,1-2H3,(H,17,21)(H,19,22). The number of furan rings is 1. The van der Waals surface area contributed by atoms with E-state index in [1.54, 1.807) is 31.2 Å². The molecule has 7 heteroatoms. The first-order valence-electron chi connectivity index (χ1n) is 7.05. The van der Waals surface area contributed by atoms with E-state index in [9.17, 15) is 14.4 Å². The van der Waals surface area contributed by atoms with Crippen LogP contribution in [0.1, 0.15) is 43.8 Å². The Labute approximate surface area is 132 Å². The summed E-state index contributed by atoms with van der Waals surface area (Å²) in [6.45, 7) is 3.32. The van der Waals surface area contributed by atoms with Gasteiger partial charge >= 0.3 is 0 Å². The van der Waals surface area contributed by atoms with Crippen LogP contribution in [0.15, 0.2) is 28.7 Å². The van der Waals surface area contributed by atoms with E-state index >= 15 is 0 Å². The number of ketones is 1. The summed E-state index contributed by atoms with van der Waals surface area (Å²) in [5.74, 6) is -0.291. The lowest BCUT2D eigenvalue weighted by Crippen LogP contribution is -2.35. The first-order valence-corrected chi connectivity index (χ1v) is 7.05. The van der Waals surface area contributed by atoms with Crippen molar-refractivity contribution in [2.75, 3.05) is 17.3 Å². The highest BCUT2D eigenvalue weighted by molar-refractivity contribution is 6.15. The van der Waals surface area contributed by atoms with Crippen molar-refractivity contribution in [1.29, 1.82) is 0 Å². The monoisotopic (exact) mass is 313 g/mol. The van der Waals surface area contributed by atoms with Crippen molar-refractivity contribution in [2.24, 2.45) is 0 Å². The third-order valence-electron chi connectivity index (χ3n) is 3.56. The molecule has 2 amide bonds. The summed E-state index contributed by atoms with van der Waals surface area (Å²) in [5, 5.41) is 8.17. The molecule has 0 fully saturated rings. The predicted molar refractivity (Wildman–Crippen MR) is 83.8 cm³/mol. The Morgan fingerprint density at radius 3 is 2.78 bits per heavy atom. The van der Waals surface area contributed by atoms with E-state index in [1.165, 1.54) is 6.92 Å². The van der Waals surface area contributed by atoms with Crippen LogP contribution < -0.4 is 16.0 Å². The number of amides is 2. The molecule has 0 radical (unpaired) electrons. The van der Waals surface area contributed by atoms with Gasteiger partial charge in [0.15, 0.2) is 5.78 Å². The molecule has 0 spiro atoms. The van der Waals surface area contributed by atoms with Gasteiger partial charge in [-0.25, -0.2) is 0 Å². The molecule has 0 saturated heterocycles. The Hall–Kier alpha value is -3.09. The third-order valence-corrected chi connectivity index (χ3v) is 3.56. The number of fused-ring (bicyclic) bond motifs is 1. The van der Waals surface area contributed by atoms with Crippen LogP contribution in [0.25, 0.3) is 0 Å². The molecule has 0 bridgehead atoms. The summed E-state index contributed by atoms with van der Waals surface area (Å²) >= 11 is 0. The van der Waals surface area contributed by atoms with Gasteiger partial charge < -0.3 is 20.4 Å². The summed E-state index contributed by atoms with van der Waals surface area (Å²) < 4.78 is 5.44. The normalized spacial score (nSPS) is 12.9. The molecule has 3 N–H and O–H groups in total. The van der Waals surface area contributed by atoms with Crippen molar-refractivity contribution in [1.82, 2.24) is 5.32 Å². The van der Waals surface area contributed by atoms with E-state index in [-0.39, 0.29) is 35.4 Å². The average Bonchev–Trinajstić information content (AvgIpc) is 2.85. The number of rotatable bonds is 3. The lowest BCUT2D eigenvalue weighted by Gasteiger charge is -2.14. The van der Waals surface area contributed by atoms with Crippen LogP contribution in [0.4, 0.5) is 11.6 Å². The fraction of sp³-hybridized carbons (Fsp3) is 0.188. The van der Waals surface area contributed by atoms with Crippen LogP contribution in [0.3, 0.4) is 0 Å². The highest BCUT2D eigenvalue weighted by Crippen LogP contribution is 2.29. The Bertz CT molecular complexity index is 823. The average molecular weight is 313 g/mol. The summed E-state index contributed by atoms with van der Waals surface area (Å²) in [7, 11) is 0. The first-order chi connectivity index (χ1) is 11.0. The highest BCUT2D eigenvalue weighted by atomic mass is 16.4. The van der Waals surface area contributed by atoms with Gasteiger partial charge in [0.2, 0.25) is 5.88 Å². The second-order valence-corrected chi connectivity index (χ2v) is 5.19. The summed E-state index contributed by atoms with van der Waals surface area (Å²) in [6, 6.07) is 6.60. The van der Waals surface area contributed by atoms with Crippen LogP contribution in [-0.2, 0) is 0 Å². The molecule has 1 aromatic carbocycles. The van der Waals surface area contributed by atoms with Crippen molar-refractivity contribution in [3.63, 3.8) is 0 Å². The fourth-order valence-corrected chi connectivity index (χ4v) is 2.46. The summed E-state index contributed by atoms with van der Waals surface area (Å²) in [4.78, 5) is 35.9. The Morgan fingerprint density at radius 2 is 2.04 bits per heavy atom. The number of hydrogen-bond donors (Lipinski definition) is 3. The minimum Gasteiger partial charge on any atom is -0.444 e. The zero-order valence-corrected chi connectivity index (χ0v) is 12.6. The fourth-order valence-electron chi connectivity index (χ4n) is 2.46. The molecule has 1 aliphatic heterocycles. The number of anilines is 2. The molecule has 0 saturated carbocycles. The van der Waals surface area contributed by atoms with E-state index in [1.807, 2.05) is 0 Å². The van der Waals surface area contributed by atoms with Crippen LogP contribution in [-0.4, -0.2) is 24.3 Å². The molecule has 23 heavy (non-hydrogen) atoms. The molecule has 2 heterocycles. The Kier molecular flexibility index (Phi) is 3.61. The van der Waals surface area contributed by atoms with Crippen molar-refractivity contribution in [3.05, 3.63) is 46.7 Å². The van der Waals surface area contributed by atoms with E-state index in [0.29, 0.717) is 17.0 Å². The summed E-state index contributed by atoms with van der Waals surface area (Å²) in [5.41, 5.74) is 1.33. The largest absolute Gasteiger partial charge is 0.444 e. The second kappa shape index (κ2) is 5.60. The first kappa shape index (κ1) is 14.8. The molecule has 0 atom stereocenters. The van der Waals surface area contributed by atoms with Crippen molar-refractivity contribution in [3.8, 4) is 0 Å². The molecule has 7 nitrogen and oxygen atoms in total. The van der Waals surface area contributed by atoms with Gasteiger partial charge in [-0.2, -0.15) is 0 Å². The zero-order valence-electron chi connectivity index (χ0n) is 12.6. The minimum absolute atomic E-state index is 0.0958. The maximum absolute atomic E-state index is 12.5. The number of hydrogen-bond acceptors (Lipinski definition) is 5. The van der Waals surface area contributed by atoms with Crippen LogP contribution in [0.5, 0.6) is 0 Å². The molecule has 0 aliphatic carbocycles. The minimum atomic E-state index is -0.466. The van der Waals surface area contributed by atoms with Gasteiger partial charge in [-0.05, 0) is 26.0 Å². The number of benzene rings is 1. The Balaban J connectivity index is 1.93. The van der Waals surface area contributed by atoms with Gasteiger partial charge in [0.1, 0.15) is 11.3 Å². The highest BCUT2D eigenvalue weighted by Gasteiger charge is 2.30. The molecule has 0 unspecified atom stereocenters. The van der Waals surface area contributed by atoms with Gasteiger partial charge in [-0.1, -0.05) is 12.1 Å². The number of carbonyl (C=O) groups is 3. The molecular formula is C16H15N3O4. The third kappa shape index (κ3) is 2.68. The second-order valence-electron chi connectivity index (χ2n) is 5.19. The SMILES string of the molecule is CC(=O)c1cccc(NC(=O)c2c(C)oc3c2C(=O)NCN3)c1. The molecule has 1 aromatic heterocycles. The van der Waals surface area contributed by atoms with E-state index in [2.05, 4.69) is 16.0 Å². The number of aryl methyl sites for hydroxylation is 1. The van der Waals surface area contributed by atoms with Gasteiger partial charge in [-0.15, -0.1) is 0 Å². The predicted octanol–water partition coefficient (Wildman–Crippen LogP) is 2.16. The van der Waals surface area contributed by atoms with Crippen molar-refractivity contribution >= 4 is 29.2 Å². The maximum Gasteiger partial charge on any atom is 0.260 e. The van der Waals surface area contributed by atoms with Crippen molar-refractivity contribution < 1.29 is 18.8 Å². The van der Waals surface area contributed by atoms with E-state index in [4.69, 9.17) is 4.42 Å². The summed E-state index contributed by atoms with van der Waals surface area (Å²) in [6.07, 6.45) is 0. The van der Waals surface area contributed by atoms with Crippen LogP contribution in [0.2, 0.25) is 0 Å². The maximum atomic E-state index is 12.5. The topological polar surface area (TPSA) is 100 Å². The molecule has 2 aromatic rings. The van der Waals surface area contributed by atoms with Gasteiger partial charge in [0, 0.05) is 11.3 Å². The molecular weight excluding hydrogens is 298 g/mol. The van der Waals surface area contributed by atoms with E-state index < -0.39 is 5.91 Å². The smallest absolute Gasteiger partial charge is 0.260 e. The number of nitrogens with one attached hydrogen (secondary N) is 3. The lowest BCUT2D eigenvalue weighted by molar-refractivity contribution is 0.0939. The quantitative estimate of drug-likeness (QED) is 0.754. The van der Waals surface area contributed by atoms with E-state index in [0.717, 1.165) is 0 Å². The van der Waals surface area contributed by atoms with Gasteiger partial charge in [0.25, 0.3) is 11.8 Å².